The van der Waals surface area contributed by atoms with Crippen molar-refractivity contribution in [2.75, 3.05) is 5.32 Å². The highest BCUT2D eigenvalue weighted by Gasteiger charge is 2.15. The number of hydrogen-bond acceptors (Lipinski definition) is 3. The first kappa shape index (κ1) is 13.6. The monoisotopic (exact) mass is 338 g/mol. The molecule has 0 saturated carbocycles. The van der Waals surface area contributed by atoms with Gasteiger partial charge in [0.25, 0.3) is 5.91 Å². The van der Waals surface area contributed by atoms with Gasteiger partial charge >= 0.3 is 0 Å². The molecule has 1 heterocycles. The van der Waals surface area contributed by atoms with E-state index in [9.17, 15) is 4.79 Å². The molecule has 0 unspecified atom stereocenters. The number of amides is 1. The lowest BCUT2D eigenvalue weighted by Crippen LogP contribution is -2.15. The van der Waals surface area contributed by atoms with Crippen LogP contribution in [0.4, 0.5) is 5.82 Å². The van der Waals surface area contributed by atoms with Crippen LogP contribution >= 0.6 is 27.5 Å². The molecule has 0 atom stereocenters. The zero-order valence-corrected chi connectivity index (χ0v) is 12.2. The zero-order valence-electron chi connectivity index (χ0n) is 9.82. The number of anilines is 1. The van der Waals surface area contributed by atoms with Crippen molar-refractivity contribution in [2.45, 2.75) is 0 Å². The van der Waals surface area contributed by atoms with E-state index in [0.29, 0.717) is 22.0 Å². The van der Waals surface area contributed by atoms with E-state index in [1.165, 1.54) is 10.9 Å². The van der Waals surface area contributed by atoms with Gasteiger partial charge in [-0.3, -0.25) is 9.48 Å². The molecule has 2 aromatic rings. The zero-order chi connectivity index (χ0) is 14.0. The summed E-state index contributed by atoms with van der Waals surface area (Å²) < 4.78 is 2.16. The summed E-state index contributed by atoms with van der Waals surface area (Å²) in [6.45, 7) is 0. The van der Waals surface area contributed by atoms with E-state index in [2.05, 4.69) is 26.3 Å². The lowest BCUT2D eigenvalue weighted by atomic mass is 10.2. The van der Waals surface area contributed by atoms with Crippen LogP contribution in [0.2, 0.25) is 5.02 Å². The molecule has 0 bridgehead atoms. The number of carbonyl (C=O) groups is 1. The summed E-state index contributed by atoms with van der Waals surface area (Å²) in [6, 6.07) is 6.93. The molecule has 0 spiro atoms. The predicted octanol–water partition coefficient (Wildman–Crippen LogP) is 2.96. The third-order valence-electron chi connectivity index (χ3n) is 2.46. The first-order valence-electron chi connectivity index (χ1n) is 5.21. The summed E-state index contributed by atoms with van der Waals surface area (Å²) in [5, 5.41) is 15.8. The van der Waals surface area contributed by atoms with E-state index < -0.39 is 5.91 Å². The molecular formula is C12H8BrClN4O. The molecule has 0 aliphatic heterocycles. The van der Waals surface area contributed by atoms with Gasteiger partial charge in [-0.25, -0.2) is 0 Å². The number of hydrogen-bond donors (Lipinski definition) is 1. The van der Waals surface area contributed by atoms with E-state index >= 15 is 0 Å². The van der Waals surface area contributed by atoms with E-state index in [-0.39, 0.29) is 0 Å². The molecule has 19 heavy (non-hydrogen) atoms. The first-order chi connectivity index (χ1) is 9.02. The van der Waals surface area contributed by atoms with Gasteiger partial charge in [-0.1, -0.05) is 27.5 Å². The average molecular weight is 340 g/mol. The van der Waals surface area contributed by atoms with Gasteiger partial charge in [0, 0.05) is 11.5 Å². The van der Waals surface area contributed by atoms with Gasteiger partial charge in [-0.15, -0.1) is 0 Å². The minimum atomic E-state index is -0.397. The molecule has 1 N–H and O–H groups in total. The maximum Gasteiger partial charge on any atom is 0.258 e. The predicted molar refractivity (Wildman–Crippen MR) is 75.0 cm³/mol. The maximum atomic E-state index is 12.1. The van der Waals surface area contributed by atoms with E-state index in [1.807, 2.05) is 6.07 Å². The van der Waals surface area contributed by atoms with Gasteiger partial charge in [-0.05, 0) is 18.2 Å². The van der Waals surface area contributed by atoms with E-state index in [1.54, 1.807) is 25.2 Å². The Bertz CT molecular complexity index is 690. The van der Waals surface area contributed by atoms with Crippen LogP contribution in [0.3, 0.4) is 0 Å². The second kappa shape index (κ2) is 5.43. The fourth-order valence-electron chi connectivity index (χ4n) is 1.51. The van der Waals surface area contributed by atoms with E-state index in [0.717, 1.165) is 4.47 Å². The largest absolute Gasteiger partial charge is 0.306 e. The Kier molecular flexibility index (Phi) is 3.88. The Labute approximate surface area is 122 Å². The number of carbonyl (C=O) groups excluding carboxylic acids is 1. The average Bonchev–Trinajstić information content (AvgIpc) is 2.73. The molecular weight excluding hydrogens is 332 g/mol. The molecule has 1 aromatic carbocycles. The van der Waals surface area contributed by atoms with Crippen LogP contribution in [0.15, 0.2) is 28.9 Å². The fraction of sp³-hybridized carbons (Fsp3) is 0.0833. The molecule has 2 rings (SSSR count). The first-order valence-corrected chi connectivity index (χ1v) is 6.38. The Hall–Kier alpha value is -1.84. The lowest BCUT2D eigenvalue weighted by Gasteiger charge is -2.07. The second-order valence-corrected chi connectivity index (χ2v) is 5.04. The number of nitrogens with zero attached hydrogens (tertiary/aromatic N) is 3. The molecule has 7 heteroatoms. The van der Waals surface area contributed by atoms with Crippen LogP contribution in [0.5, 0.6) is 0 Å². The number of rotatable bonds is 2. The lowest BCUT2D eigenvalue weighted by molar-refractivity contribution is 0.102. The third-order valence-corrected chi connectivity index (χ3v) is 3.29. The summed E-state index contributed by atoms with van der Waals surface area (Å²) in [7, 11) is 1.64. The number of halogens is 2. The van der Waals surface area contributed by atoms with Gasteiger partial charge in [0.1, 0.15) is 17.5 Å². The number of nitriles is 1. The number of benzene rings is 1. The van der Waals surface area contributed by atoms with Gasteiger partial charge in [0.15, 0.2) is 0 Å². The van der Waals surface area contributed by atoms with Gasteiger partial charge in [-0.2, -0.15) is 10.4 Å². The highest BCUT2D eigenvalue weighted by atomic mass is 79.9. The van der Waals surface area contributed by atoms with Crippen LogP contribution in [0.25, 0.3) is 0 Å². The topological polar surface area (TPSA) is 70.7 Å². The molecule has 1 aromatic heterocycles. The maximum absolute atomic E-state index is 12.1. The van der Waals surface area contributed by atoms with Crippen LogP contribution in [-0.2, 0) is 7.05 Å². The molecule has 0 aliphatic rings. The smallest absolute Gasteiger partial charge is 0.258 e. The molecule has 0 aliphatic carbocycles. The van der Waals surface area contributed by atoms with Gasteiger partial charge in [0.2, 0.25) is 0 Å². The van der Waals surface area contributed by atoms with Crippen molar-refractivity contribution in [3.05, 3.63) is 45.0 Å². The van der Waals surface area contributed by atoms with Crippen molar-refractivity contribution in [3.63, 3.8) is 0 Å². The quantitative estimate of drug-likeness (QED) is 0.914. The third kappa shape index (κ3) is 2.78. The molecule has 0 radical (unpaired) electrons. The summed E-state index contributed by atoms with van der Waals surface area (Å²) >= 11 is 9.25. The highest BCUT2D eigenvalue weighted by Crippen LogP contribution is 2.22. The Balaban J connectivity index is 2.34. The highest BCUT2D eigenvalue weighted by molar-refractivity contribution is 9.10. The van der Waals surface area contributed by atoms with Crippen LogP contribution < -0.4 is 5.32 Å². The summed E-state index contributed by atoms with van der Waals surface area (Å²) in [5.41, 5.74) is 0.614. The summed E-state index contributed by atoms with van der Waals surface area (Å²) in [5.74, 6) is -0.0602. The standard InChI is InChI=1S/C12H8BrClN4O/c1-18-11(7(5-15)6-16-18)17-12(19)9-4-8(13)2-3-10(9)14/h2-4,6H,1H3,(H,17,19). The van der Waals surface area contributed by atoms with Crippen molar-refractivity contribution >= 4 is 39.3 Å². The molecule has 1 amide bonds. The van der Waals surface area contributed by atoms with Crippen molar-refractivity contribution < 1.29 is 4.79 Å². The Morgan fingerprint density at radius 2 is 2.32 bits per heavy atom. The van der Waals surface area contributed by atoms with Crippen LogP contribution in [-0.4, -0.2) is 15.7 Å². The summed E-state index contributed by atoms with van der Waals surface area (Å²) in [6.07, 6.45) is 1.39. The van der Waals surface area contributed by atoms with Crippen molar-refractivity contribution in [1.82, 2.24) is 9.78 Å². The van der Waals surface area contributed by atoms with Crippen LogP contribution in [0, 0.1) is 11.3 Å². The number of aryl methyl sites for hydroxylation is 1. The molecule has 96 valence electrons. The Morgan fingerprint density at radius 3 is 3.00 bits per heavy atom. The Morgan fingerprint density at radius 1 is 1.58 bits per heavy atom. The van der Waals surface area contributed by atoms with Crippen molar-refractivity contribution in [3.8, 4) is 6.07 Å². The van der Waals surface area contributed by atoms with Crippen molar-refractivity contribution in [1.29, 1.82) is 5.26 Å². The fourth-order valence-corrected chi connectivity index (χ4v) is 2.08. The minimum Gasteiger partial charge on any atom is -0.306 e. The normalized spacial score (nSPS) is 10.0. The SMILES string of the molecule is Cn1ncc(C#N)c1NC(=O)c1cc(Br)ccc1Cl. The molecule has 5 nitrogen and oxygen atoms in total. The van der Waals surface area contributed by atoms with Crippen LogP contribution in [0.1, 0.15) is 15.9 Å². The second-order valence-electron chi connectivity index (χ2n) is 3.72. The van der Waals surface area contributed by atoms with Gasteiger partial charge < -0.3 is 5.32 Å². The van der Waals surface area contributed by atoms with E-state index in [4.69, 9.17) is 16.9 Å². The summed E-state index contributed by atoms with van der Waals surface area (Å²) in [4.78, 5) is 12.1. The molecule has 0 saturated heterocycles. The number of nitrogens with one attached hydrogen (secondary N) is 1. The van der Waals surface area contributed by atoms with Crippen molar-refractivity contribution in [2.24, 2.45) is 7.05 Å². The molecule has 0 fully saturated rings. The number of aromatic nitrogens is 2. The minimum absolute atomic E-state index is 0.293. The van der Waals surface area contributed by atoms with Gasteiger partial charge in [0.05, 0.1) is 16.8 Å².